The first kappa shape index (κ1) is 20.0. The van der Waals surface area contributed by atoms with E-state index in [1.807, 2.05) is 0 Å². The summed E-state index contributed by atoms with van der Waals surface area (Å²) < 4.78 is 26.5. The molecule has 1 atom stereocenters. The molecule has 6 nitrogen and oxygen atoms in total. The predicted molar refractivity (Wildman–Crippen MR) is 106 cm³/mol. The number of amides is 3. The monoisotopic (exact) mass is 413 g/mol. The number of benzene rings is 2. The van der Waals surface area contributed by atoms with E-state index in [1.165, 1.54) is 30.3 Å². The number of nitrogens with zero attached hydrogens (tertiary/aromatic N) is 2. The van der Waals surface area contributed by atoms with E-state index in [9.17, 15) is 23.2 Å². The first-order chi connectivity index (χ1) is 14.4. The Kier molecular flexibility index (Phi) is 5.48. The minimum absolute atomic E-state index is 0.0151. The van der Waals surface area contributed by atoms with Gasteiger partial charge in [0, 0.05) is 38.3 Å². The van der Waals surface area contributed by atoms with E-state index in [4.69, 9.17) is 0 Å². The van der Waals surface area contributed by atoms with Crippen LogP contribution in [0.4, 0.5) is 14.5 Å². The first-order valence-electron chi connectivity index (χ1n) is 9.81. The minimum Gasteiger partial charge on any atom is -0.339 e. The fourth-order valence-electron chi connectivity index (χ4n) is 3.94. The van der Waals surface area contributed by atoms with Crippen LogP contribution in [0.5, 0.6) is 0 Å². The molecule has 3 amide bonds. The lowest BCUT2D eigenvalue weighted by Gasteiger charge is -2.37. The number of hydrogen-bond donors (Lipinski definition) is 1. The Morgan fingerprint density at radius 1 is 0.933 bits per heavy atom. The van der Waals surface area contributed by atoms with Crippen molar-refractivity contribution in [2.45, 2.75) is 18.8 Å². The third-order valence-electron chi connectivity index (χ3n) is 5.57. The van der Waals surface area contributed by atoms with Crippen LogP contribution in [0.2, 0.25) is 0 Å². The molecule has 1 N–H and O–H groups in total. The van der Waals surface area contributed by atoms with Crippen molar-refractivity contribution >= 4 is 23.4 Å². The molecule has 0 spiro atoms. The van der Waals surface area contributed by atoms with Crippen LogP contribution in [-0.4, -0.2) is 53.7 Å². The highest BCUT2D eigenvalue weighted by Crippen LogP contribution is 2.34. The van der Waals surface area contributed by atoms with Crippen molar-refractivity contribution in [1.82, 2.24) is 9.80 Å². The molecule has 1 fully saturated rings. The fourth-order valence-corrected chi connectivity index (χ4v) is 3.94. The third kappa shape index (κ3) is 4.17. The zero-order valence-electron chi connectivity index (χ0n) is 16.2. The van der Waals surface area contributed by atoms with E-state index >= 15 is 0 Å². The Hall–Kier alpha value is -3.29. The van der Waals surface area contributed by atoms with Gasteiger partial charge in [-0.15, -0.1) is 0 Å². The molecule has 30 heavy (non-hydrogen) atoms. The molecule has 1 unspecified atom stereocenters. The molecule has 0 aromatic heterocycles. The van der Waals surface area contributed by atoms with E-state index in [2.05, 4.69) is 5.32 Å². The summed E-state index contributed by atoms with van der Waals surface area (Å²) in [5, 5.41) is 2.61. The summed E-state index contributed by atoms with van der Waals surface area (Å²) in [5.74, 6) is -2.07. The topological polar surface area (TPSA) is 69.7 Å². The molecule has 4 rings (SSSR count). The zero-order valence-corrected chi connectivity index (χ0v) is 16.2. The normalized spacial score (nSPS) is 18.6. The number of rotatable bonds is 3. The van der Waals surface area contributed by atoms with Crippen molar-refractivity contribution in [3.8, 4) is 0 Å². The molecular formula is C22H21F2N3O3. The SMILES string of the molecule is O=C1CC(C(=O)N2CCN(C(=O)Cc3ccc(F)cc3)CC2)c2ccc(F)cc2N1. The van der Waals surface area contributed by atoms with Gasteiger partial charge in [0.1, 0.15) is 11.6 Å². The quantitative estimate of drug-likeness (QED) is 0.840. The molecule has 8 heteroatoms. The Balaban J connectivity index is 1.38. The average molecular weight is 413 g/mol. The molecular weight excluding hydrogens is 392 g/mol. The maximum atomic E-state index is 13.5. The second kappa shape index (κ2) is 8.22. The van der Waals surface area contributed by atoms with Gasteiger partial charge in [0.25, 0.3) is 0 Å². The van der Waals surface area contributed by atoms with Gasteiger partial charge in [0.05, 0.1) is 12.3 Å². The number of hydrogen-bond acceptors (Lipinski definition) is 3. The highest BCUT2D eigenvalue weighted by molar-refractivity contribution is 6.01. The van der Waals surface area contributed by atoms with Gasteiger partial charge in [0.15, 0.2) is 0 Å². The van der Waals surface area contributed by atoms with E-state index in [0.29, 0.717) is 37.4 Å². The second-order valence-electron chi connectivity index (χ2n) is 7.55. The van der Waals surface area contributed by atoms with Crippen LogP contribution in [0.1, 0.15) is 23.5 Å². The van der Waals surface area contributed by atoms with Gasteiger partial charge in [-0.3, -0.25) is 14.4 Å². The van der Waals surface area contributed by atoms with Gasteiger partial charge >= 0.3 is 0 Å². The molecule has 2 aliphatic rings. The van der Waals surface area contributed by atoms with Crippen LogP contribution >= 0.6 is 0 Å². The standard InChI is InChI=1S/C22H21F2N3O3/c23-15-3-1-14(2-4-15)11-21(29)26-7-9-27(10-8-26)22(30)18-13-20(28)25-19-12-16(24)5-6-17(18)19/h1-6,12,18H,7-11,13H2,(H,25,28). The lowest BCUT2D eigenvalue weighted by molar-refractivity contribution is -0.140. The molecule has 2 heterocycles. The van der Waals surface area contributed by atoms with Crippen molar-refractivity contribution in [2.24, 2.45) is 0 Å². The van der Waals surface area contributed by atoms with E-state index in [-0.39, 0.29) is 36.4 Å². The Morgan fingerprint density at radius 2 is 1.57 bits per heavy atom. The number of anilines is 1. The number of piperazine rings is 1. The van der Waals surface area contributed by atoms with E-state index < -0.39 is 11.7 Å². The number of halogens is 2. The van der Waals surface area contributed by atoms with Crippen LogP contribution < -0.4 is 5.32 Å². The predicted octanol–water partition coefficient (Wildman–Crippen LogP) is 2.30. The van der Waals surface area contributed by atoms with Crippen molar-refractivity contribution in [3.05, 3.63) is 65.2 Å². The maximum Gasteiger partial charge on any atom is 0.230 e. The summed E-state index contributed by atoms with van der Waals surface area (Å²) in [5.41, 5.74) is 1.67. The molecule has 2 aromatic rings. The van der Waals surface area contributed by atoms with E-state index in [1.54, 1.807) is 21.9 Å². The zero-order chi connectivity index (χ0) is 21.3. The van der Waals surface area contributed by atoms with Crippen molar-refractivity contribution in [2.75, 3.05) is 31.5 Å². The smallest absolute Gasteiger partial charge is 0.230 e. The number of carbonyl (C=O) groups is 3. The maximum absolute atomic E-state index is 13.5. The van der Waals surface area contributed by atoms with Crippen LogP contribution in [0.15, 0.2) is 42.5 Å². The minimum atomic E-state index is -0.657. The molecule has 0 bridgehead atoms. The summed E-state index contributed by atoms with van der Waals surface area (Å²) in [6.45, 7) is 1.51. The number of nitrogens with one attached hydrogen (secondary N) is 1. The fraction of sp³-hybridized carbons (Fsp3) is 0.318. The van der Waals surface area contributed by atoms with Crippen LogP contribution in [0.3, 0.4) is 0 Å². The Morgan fingerprint density at radius 3 is 2.27 bits per heavy atom. The lowest BCUT2D eigenvalue weighted by Crippen LogP contribution is -2.52. The molecule has 2 aliphatic heterocycles. The van der Waals surface area contributed by atoms with Crippen LogP contribution in [0.25, 0.3) is 0 Å². The van der Waals surface area contributed by atoms with Gasteiger partial charge in [-0.25, -0.2) is 8.78 Å². The van der Waals surface area contributed by atoms with E-state index in [0.717, 1.165) is 5.56 Å². The highest BCUT2D eigenvalue weighted by Gasteiger charge is 2.35. The van der Waals surface area contributed by atoms with Crippen molar-refractivity contribution in [1.29, 1.82) is 0 Å². The molecule has 1 saturated heterocycles. The number of fused-ring (bicyclic) bond motifs is 1. The summed E-state index contributed by atoms with van der Waals surface area (Å²) in [7, 11) is 0. The second-order valence-corrected chi connectivity index (χ2v) is 7.55. The lowest BCUT2D eigenvalue weighted by atomic mass is 9.89. The van der Waals surface area contributed by atoms with Gasteiger partial charge in [-0.05, 0) is 35.4 Å². The highest BCUT2D eigenvalue weighted by atomic mass is 19.1. The summed E-state index contributed by atoms with van der Waals surface area (Å²) in [4.78, 5) is 40.9. The van der Waals surface area contributed by atoms with Gasteiger partial charge in [0.2, 0.25) is 17.7 Å². The van der Waals surface area contributed by atoms with Crippen LogP contribution in [-0.2, 0) is 20.8 Å². The summed E-state index contributed by atoms with van der Waals surface area (Å²) in [6.07, 6.45) is 0.192. The summed E-state index contributed by atoms with van der Waals surface area (Å²) >= 11 is 0. The molecule has 0 aliphatic carbocycles. The molecule has 0 radical (unpaired) electrons. The summed E-state index contributed by atoms with van der Waals surface area (Å²) in [6, 6.07) is 9.85. The van der Waals surface area contributed by atoms with Gasteiger partial charge in [-0.1, -0.05) is 18.2 Å². The average Bonchev–Trinajstić information content (AvgIpc) is 2.74. The van der Waals surface area contributed by atoms with Gasteiger partial charge in [-0.2, -0.15) is 0 Å². The van der Waals surface area contributed by atoms with Crippen molar-refractivity contribution < 1.29 is 23.2 Å². The Labute approximate surface area is 172 Å². The Bertz CT molecular complexity index is 986. The first-order valence-corrected chi connectivity index (χ1v) is 9.81. The van der Waals surface area contributed by atoms with Gasteiger partial charge < -0.3 is 15.1 Å². The van der Waals surface area contributed by atoms with Crippen molar-refractivity contribution in [3.63, 3.8) is 0 Å². The molecule has 0 saturated carbocycles. The largest absolute Gasteiger partial charge is 0.339 e. The third-order valence-corrected chi connectivity index (χ3v) is 5.57. The molecule has 2 aromatic carbocycles. The van der Waals surface area contributed by atoms with Crippen LogP contribution in [0, 0.1) is 11.6 Å². The molecule has 156 valence electrons. The number of carbonyl (C=O) groups excluding carboxylic acids is 3.